The van der Waals surface area contributed by atoms with E-state index in [9.17, 15) is 9.59 Å². The molecule has 0 unspecified atom stereocenters. The summed E-state index contributed by atoms with van der Waals surface area (Å²) < 4.78 is 0. The third-order valence-electron chi connectivity index (χ3n) is 3.45. The summed E-state index contributed by atoms with van der Waals surface area (Å²) in [5.74, 6) is -0.990. The van der Waals surface area contributed by atoms with Crippen molar-refractivity contribution in [2.24, 2.45) is 0 Å². The summed E-state index contributed by atoms with van der Waals surface area (Å²) in [7, 11) is 0. The van der Waals surface area contributed by atoms with E-state index in [1.54, 1.807) is 11.3 Å². The Morgan fingerprint density at radius 1 is 1.53 bits per heavy atom. The van der Waals surface area contributed by atoms with Crippen molar-refractivity contribution >= 4 is 23.2 Å². The van der Waals surface area contributed by atoms with E-state index in [0.29, 0.717) is 0 Å². The van der Waals surface area contributed by atoms with Gasteiger partial charge in [-0.3, -0.25) is 9.59 Å². The lowest BCUT2D eigenvalue weighted by atomic mass is 9.74. The van der Waals surface area contributed by atoms with Crippen LogP contribution in [0.2, 0.25) is 0 Å². The van der Waals surface area contributed by atoms with E-state index in [0.717, 1.165) is 36.4 Å². The predicted molar refractivity (Wildman–Crippen MR) is 72.2 cm³/mol. The number of carboxylic acid groups (broad SMARTS) is 1. The monoisotopic (exact) mass is 282 g/mol. The van der Waals surface area contributed by atoms with E-state index in [1.807, 2.05) is 12.3 Å². The molecule has 2 rings (SSSR count). The quantitative estimate of drug-likeness (QED) is 0.833. The molecule has 0 saturated heterocycles. The molecule has 1 heterocycles. The fourth-order valence-electron chi connectivity index (χ4n) is 2.34. The van der Waals surface area contributed by atoms with Gasteiger partial charge in [-0.2, -0.15) is 0 Å². The first-order valence-electron chi connectivity index (χ1n) is 6.49. The second-order valence-electron chi connectivity index (χ2n) is 5.02. The highest BCUT2D eigenvalue weighted by molar-refractivity contribution is 7.09. The van der Waals surface area contributed by atoms with Gasteiger partial charge in [-0.15, -0.1) is 11.3 Å². The van der Waals surface area contributed by atoms with Gasteiger partial charge in [-0.1, -0.05) is 6.92 Å². The van der Waals surface area contributed by atoms with Crippen LogP contribution < -0.4 is 5.32 Å². The highest BCUT2D eigenvalue weighted by Crippen LogP contribution is 2.34. The number of thiazole rings is 1. The zero-order valence-corrected chi connectivity index (χ0v) is 11.8. The fraction of sp³-hybridized carbons (Fsp3) is 0.615. The van der Waals surface area contributed by atoms with Crippen LogP contribution in [-0.4, -0.2) is 27.5 Å². The Labute approximate surface area is 116 Å². The van der Waals surface area contributed by atoms with E-state index in [1.165, 1.54) is 0 Å². The molecule has 0 aromatic carbocycles. The van der Waals surface area contributed by atoms with E-state index in [4.69, 9.17) is 5.11 Å². The van der Waals surface area contributed by atoms with Gasteiger partial charge in [-0.25, -0.2) is 4.98 Å². The Kier molecular flexibility index (Phi) is 4.19. The highest BCUT2D eigenvalue weighted by atomic mass is 32.1. The van der Waals surface area contributed by atoms with Crippen molar-refractivity contribution in [1.82, 2.24) is 10.3 Å². The van der Waals surface area contributed by atoms with Crippen LogP contribution in [0.25, 0.3) is 0 Å². The average molecular weight is 282 g/mol. The van der Waals surface area contributed by atoms with Crippen LogP contribution in [0.15, 0.2) is 5.38 Å². The summed E-state index contributed by atoms with van der Waals surface area (Å²) in [6.45, 7) is 2.03. The largest absolute Gasteiger partial charge is 0.481 e. The average Bonchev–Trinajstić information content (AvgIpc) is 2.73. The van der Waals surface area contributed by atoms with Crippen molar-refractivity contribution in [1.29, 1.82) is 0 Å². The molecule has 104 valence electrons. The number of carbonyl (C=O) groups excluding carboxylic acids is 1. The van der Waals surface area contributed by atoms with Crippen LogP contribution in [0, 0.1) is 0 Å². The van der Waals surface area contributed by atoms with Crippen LogP contribution in [0.3, 0.4) is 0 Å². The van der Waals surface area contributed by atoms with Gasteiger partial charge in [0.05, 0.1) is 29.1 Å². The molecule has 5 nitrogen and oxygen atoms in total. The molecule has 0 atom stereocenters. The minimum atomic E-state index is -0.859. The van der Waals surface area contributed by atoms with Crippen LogP contribution >= 0.6 is 11.3 Å². The molecule has 1 fully saturated rings. The number of carbonyl (C=O) groups is 2. The molecular weight excluding hydrogens is 264 g/mol. The molecular formula is C13H18N2O3S. The van der Waals surface area contributed by atoms with Crippen LogP contribution in [0.1, 0.15) is 43.3 Å². The third-order valence-corrected chi connectivity index (χ3v) is 4.49. The molecule has 19 heavy (non-hydrogen) atoms. The molecule has 1 saturated carbocycles. The van der Waals surface area contributed by atoms with E-state index in [2.05, 4.69) is 10.3 Å². The molecule has 1 aliphatic carbocycles. The molecule has 0 bridgehead atoms. The van der Waals surface area contributed by atoms with Crippen molar-refractivity contribution < 1.29 is 14.7 Å². The zero-order valence-electron chi connectivity index (χ0n) is 10.9. The van der Waals surface area contributed by atoms with Crippen molar-refractivity contribution in [2.75, 3.05) is 0 Å². The number of nitrogens with zero attached hydrogens (tertiary/aromatic N) is 1. The minimum absolute atomic E-state index is 0.00994. The molecule has 6 heteroatoms. The van der Waals surface area contributed by atoms with Gasteiger partial charge in [0.1, 0.15) is 0 Å². The lowest BCUT2D eigenvalue weighted by molar-refractivity contribution is -0.140. The van der Waals surface area contributed by atoms with Gasteiger partial charge in [0.2, 0.25) is 5.91 Å². The van der Waals surface area contributed by atoms with Gasteiger partial charge >= 0.3 is 5.97 Å². The van der Waals surface area contributed by atoms with Crippen molar-refractivity contribution in [3.8, 4) is 0 Å². The Morgan fingerprint density at radius 2 is 2.26 bits per heavy atom. The molecule has 0 aliphatic heterocycles. The summed E-state index contributed by atoms with van der Waals surface area (Å²) in [6, 6.07) is 0. The number of amides is 1. The van der Waals surface area contributed by atoms with Crippen molar-refractivity contribution in [3.05, 3.63) is 16.1 Å². The number of aryl methyl sites for hydroxylation is 1. The molecule has 0 radical (unpaired) electrons. The summed E-state index contributed by atoms with van der Waals surface area (Å²) in [5.41, 5.74) is 0.246. The fourth-order valence-corrected chi connectivity index (χ4v) is 3.08. The minimum Gasteiger partial charge on any atom is -0.481 e. The van der Waals surface area contributed by atoms with Crippen molar-refractivity contribution in [3.63, 3.8) is 0 Å². The smallest absolute Gasteiger partial charge is 0.305 e. The number of carboxylic acids is 1. The topological polar surface area (TPSA) is 79.3 Å². The molecule has 1 aromatic rings. The summed E-state index contributed by atoms with van der Waals surface area (Å²) >= 11 is 1.55. The molecule has 1 aromatic heterocycles. The predicted octanol–water partition coefficient (Wildman–Crippen LogP) is 1.76. The standard InChI is InChI=1S/C13H18N2O3S/c1-2-11-14-9(8-19-11)6-10(16)15-13(4-3-5-13)7-12(17)18/h8H,2-7H2,1H3,(H,15,16)(H,17,18). The first-order chi connectivity index (χ1) is 9.03. The molecule has 1 aliphatic rings. The SMILES string of the molecule is CCc1nc(CC(=O)NC2(CC(=O)O)CCC2)cs1. The number of hydrogen-bond donors (Lipinski definition) is 2. The highest BCUT2D eigenvalue weighted by Gasteiger charge is 2.40. The molecule has 2 N–H and O–H groups in total. The van der Waals surface area contributed by atoms with E-state index < -0.39 is 11.5 Å². The van der Waals surface area contributed by atoms with Gasteiger partial charge in [0, 0.05) is 5.38 Å². The summed E-state index contributed by atoms with van der Waals surface area (Å²) in [5, 5.41) is 14.7. The lowest BCUT2D eigenvalue weighted by Crippen LogP contribution is -2.55. The maximum atomic E-state index is 12.0. The number of rotatable bonds is 6. The first kappa shape index (κ1) is 14.0. The number of hydrogen-bond acceptors (Lipinski definition) is 4. The van der Waals surface area contributed by atoms with Crippen LogP contribution in [-0.2, 0) is 22.4 Å². The maximum Gasteiger partial charge on any atom is 0.305 e. The van der Waals surface area contributed by atoms with Crippen LogP contribution in [0.5, 0.6) is 0 Å². The van der Waals surface area contributed by atoms with Gasteiger partial charge in [0.25, 0.3) is 0 Å². The lowest BCUT2D eigenvalue weighted by Gasteiger charge is -2.41. The molecule has 1 amide bonds. The second-order valence-corrected chi connectivity index (χ2v) is 5.96. The van der Waals surface area contributed by atoms with E-state index in [-0.39, 0.29) is 18.7 Å². The maximum absolute atomic E-state index is 12.0. The van der Waals surface area contributed by atoms with E-state index >= 15 is 0 Å². The van der Waals surface area contributed by atoms with Gasteiger partial charge in [0.15, 0.2) is 0 Å². The van der Waals surface area contributed by atoms with Crippen LogP contribution in [0.4, 0.5) is 0 Å². The summed E-state index contributed by atoms with van der Waals surface area (Å²) in [4.78, 5) is 27.1. The second kappa shape index (κ2) is 5.69. The number of aliphatic carboxylic acids is 1. The Bertz CT molecular complexity index is 480. The Hall–Kier alpha value is -1.43. The number of aromatic nitrogens is 1. The van der Waals surface area contributed by atoms with Gasteiger partial charge in [-0.05, 0) is 25.7 Å². The Morgan fingerprint density at radius 3 is 2.74 bits per heavy atom. The summed E-state index contributed by atoms with van der Waals surface area (Å²) in [6.07, 6.45) is 3.60. The van der Waals surface area contributed by atoms with Gasteiger partial charge < -0.3 is 10.4 Å². The Balaban J connectivity index is 1.91. The normalized spacial score (nSPS) is 16.7. The first-order valence-corrected chi connectivity index (χ1v) is 7.37. The number of nitrogens with one attached hydrogen (secondary N) is 1. The molecule has 0 spiro atoms. The zero-order chi connectivity index (χ0) is 13.9. The van der Waals surface area contributed by atoms with Crippen molar-refractivity contribution in [2.45, 2.75) is 51.0 Å². The third kappa shape index (κ3) is 3.53.